The molecule has 0 aromatic carbocycles. The molecule has 0 bridgehead atoms. The summed E-state index contributed by atoms with van der Waals surface area (Å²) >= 11 is 1.34. The lowest BCUT2D eigenvalue weighted by Gasteiger charge is -2.25. The van der Waals surface area contributed by atoms with Crippen molar-refractivity contribution < 1.29 is 19.4 Å². The molecule has 0 saturated heterocycles. The van der Waals surface area contributed by atoms with Crippen LogP contribution in [0.15, 0.2) is 0 Å². The van der Waals surface area contributed by atoms with Gasteiger partial charge in [0.25, 0.3) is 0 Å². The van der Waals surface area contributed by atoms with E-state index >= 15 is 0 Å². The third-order valence-corrected chi connectivity index (χ3v) is 4.05. The lowest BCUT2D eigenvalue weighted by molar-refractivity contribution is -0.138. The normalized spacial score (nSPS) is 15.0. The molecule has 1 aliphatic rings. The van der Waals surface area contributed by atoms with Crippen LogP contribution in [0.2, 0.25) is 0 Å². The van der Waals surface area contributed by atoms with Gasteiger partial charge in [-0.25, -0.2) is 4.79 Å². The predicted octanol–water partition coefficient (Wildman–Crippen LogP) is 0.950. The number of ether oxygens (including phenoxy) is 1. The number of hydrogen-bond donors (Lipinski definition) is 2. The van der Waals surface area contributed by atoms with Gasteiger partial charge in [0.1, 0.15) is 5.00 Å². The molecule has 0 amide bonds. The van der Waals surface area contributed by atoms with Crippen LogP contribution in [0, 0.1) is 0 Å². The van der Waals surface area contributed by atoms with Gasteiger partial charge >= 0.3 is 11.9 Å². The SMILES string of the molecule is CCOC(=O)c1c(N)sc2c1CCN(CC(=O)O)C2. The van der Waals surface area contributed by atoms with Crippen molar-refractivity contribution in [3.8, 4) is 0 Å². The number of nitrogens with two attached hydrogens (primary N) is 1. The molecule has 3 N–H and O–H groups in total. The number of nitrogens with zero attached hydrogens (tertiary/aromatic N) is 1. The van der Waals surface area contributed by atoms with E-state index in [1.54, 1.807) is 6.92 Å². The molecule has 0 unspecified atom stereocenters. The number of carboxylic acids is 1. The lowest BCUT2D eigenvalue weighted by Crippen LogP contribution is -2.34. The number of carboxylic acid groups (broad SMARTS) is 1. The maximum atomic E-state index is 11.9. The molecule has 1 aromatic heterocycles. The summed E-state index contributed by atoms with van der Waals surface area (Å²) in [6.07, 6.45) is 0.629. The van der Waals surface area contributed by atoms with Crippen molar-refractivity contribution >= 4 is 28.3 Å². The van der Waals surface area contributed by atoms with Crippen LogP contribution in [0.25, 0.3) is 0 Å². The summed E-state index contributed by atoms with van der Waals surface area (Å²) in [5, 5.41) is 9.25. The molecule has 1 aromatic rings. The second kappa shape index (κ2) is 5.58. The van der Waals surface area contributed by atoms with Crippen molar-refractivity contribution in [1.29, 1.82) is 0 Å². The molecule has 0 atom stereocenters. The van der Waals surface area contributed by atoms with Crippen molar-refractivity contribution in [2.45, 2.75) is 19.9 Å². The van der Waals surface area contributed by atoms with Gasteiger partial charge in [-0.2, -0.15) is 0 Å². The number of carbonyl (C=O) groups excluding carboxylic acids is 1. The van der Waals surface area contributed by atoms with E-state index in [4.69, 9.17) is 15.6 Å². The Hall–Kier alpha value is -1.60. The second-order valence-corrected chi connectivity index (χ2v) is 5.45. The number of nitrogen functional groups attached to an aromatic ring is 1. The van der Waals surface area contributed by atoms with Gasteiger partial charge in [-0.1, -0.05) is 0 Å². The first kappa shape index (κ1) is 13.8. The monoisotopic (exact) mass is 284 g/mol. The molecule has 19 heavy (non-hydrogen) atoms. The molecule has 7 heteroatoms. The molecule has 0 spiro atoms. The highest BCUT2D eigenvalue weighted by molar-refractivity contribution is 7.16. The fraction of sp³-hybridized carbons (Fsp3) is 0.500. The van der Waals surface area contributed by atoms with E-state index in [9.17, 15) is 9.59 Å². The standard InChI is InChI=1S/C12H16N2O4S/c1-2-18-12(17)10-7-3-4-14(6-9(15)16)5-8(7)19-11(10)13/h2-6,13H2,1H3,(H,15,16). The number of hydrogen-bond acceptors (Lipinski definition) is 6. The van der Waals surface area contributed by atoms with Gasteiger partial charge in [0, 0.05) is 18.0 Å². The highest BCUT2D eigenvalue weighted by Crippen LogP contribution is 2.35. The quantitative estimate of drug-likeness (QED) is 0.800. The van der Waals surface area contributed by atoms with Crippen LogP contribution in [0.4, 0.5) is 5.00 Å². The van der Waals surface area contributed by atoms with Crippen LogP contribution in [-0.4, -0.2) is 41.6 Å². The highest BCUT2D eigenvalue weighted by atomic mass is 32.1. The smallest absolute Gasteiger partial charge is 0.341 e. The van der Waals surface area contributed by atoms with Gasteiger partial charge in [0.2, 0.25) is 0 Å². The topological polar surface area (TPSA) is 92.9 Å². The molecule has 0 radical (unpaired) electrons. The van der Waals surface area contributed by atoms with Crippen LogP contribution in [0.5, 0.6) is 0 Å². The van der Waals surface area contributed by atoms with Gasteiger partial charge in [-0.15, -0.1) is 11.3 Å². The molecule has 2 heterocycles. The zero-order valence-corrected chi connectivity index (χ0v) is 11.5. The molecule has 6 nitrogen and oxygen atoms in total. The number of esters is 1. The molecule has 0 fully saturated rings. The summed E-state index contributed by atoms with van der Waals surface area (Å²) < 4.78 is 5.00. The minimum absolute atomic E-state index is 0.00594. The Kier molecular flexibility index (Phi) is 4.06. The third-order valence-electron chi connectivity index (χ3n) is 3.00. The van der Waals surface area contributed by atoms with Gasteiger partial charge < -0.3 is 15.6 Å². The number of carbonyl (C=O) groups is 2. The van der Waals surface area contributed by atoms with Crippen molar-refractivity contribution in [1.82, 2.24) is 4.90 Å². The number of fused-ring (bicyclic) bond motifs is 1. The van der Waals surface area contributed by atoms with Gasteiger partial charge in [0.05, 0.1) is 18.7 Å². The Morgan fingerprint density at radius 1 is 1.53 bits per heavy atom. The maximum absolute atomic E-state index is 11.9. The van der Waals surface area contributed by atoms with Crippen molar-refractivity contribution in [2.75, 3.05) is 25.4 Å². The summed E-state index contributed by atoms with van der Waals surface area (Å²) in [6.45, 7) is 3.21. The van der Waals surface area contributed by atoms with Gasteiger partial charge in [-0.05, 0) is 18.9 Å². The third kappa shape index (κ3) is 2.87. The Morgan fingerprint density at radius 3 is 2.89 bits per heavy atom. The van der Waals surface area contributed by atoms with E-state index in [1.165, 1.54) is 11.3 Å². The summed E-state index contributed by atoms with van der Waals surface area (Å²) in [6, 6.07) is 0. The summed E-state index contributed by atoms with van der Waals surface area (Å²) in [4.78, 5) is 25.4. The van der Waals surface area contributed by atoms with Crippen LogP contribution in [0.1, 0.15) is 27.7 Å². The van der Waals surface area contributed by atoms with Gasteiger partial charge in [-0.3, -0.25) is 9.69 Å². The first-order valence-electron chi connectivity index (χ1n) is 6.04. The first-order chi connectivity index (χ1) is 9.02. The van der Waals surface area contributed by atoms with E-state index in [-0.39, 0.29) is 12.5 Å². The largest absolute Gasteiger partial charge is 0.480 e. The van der Waals surface area contributed by atoms with E-state index in [0.29, 0.717) is 36.7 Å². The molecular formula is C12H16N2O4S. The molecule has 1 aliphatic heterocycles. The zero-order valence-electron chi connectivity index (χ0n) is 10.6. The fourth-order valence-corrected chi connectivity index (χ4v) is 3.38. The van der Waals surface area contributed by atoms with Crippen LogP contribution >= 0.6 is 11.3 Å². The number of aliphatic carboxylic acids is 1. The van der Waals surface area contributed by atoms with Crippen LogP contribution in [-0.2, 0) is 22.5 Å². The second-order valence-electron chi connectivity index (χ2n) is 4.32. The van der Waals surface area contributed by atoms with E-state index < -0.39 is 5.97 Å². The van der Waals surface area contributed by atoms with Crippen molar-refractivity contribution in [3.05, 3.63) is 16.0 Å². The Labute approximate surface area is 114 Å². The Morgan fingerprint density at radius 2 is 2.26 bits per heavy atom. The molecule has 2 rings (SSSR count). The number of anilines is 1. The van der Waals surface area contributed by atoms with Crippen molar-refractivity contribution in [2.24, 2.45) is 0 Å². The minimum Gasteiger partial charge on any atom is -0.480 e. The van der Waals surface area contributed by atoms with Crippen LogP contribution in [0.3, 0.4) is 0 Å². The molecule has 0 saturated carbocycles. The maximum Gasteiger partial charge on any atom is 0.341 e. The average Bonchev–Trinajstić information content (AvgIpc) is 2.63. The van der Waals surface area contributed by atoms with Gasteiger partial charge in [0.15, 0.2) is 0 Å². The molecule has 104 valence electrons. The number of thiophene rings is 1. The highest BCUT2D eigenvalue weighted by Gasteiger charge is 2.28. The van der Waals surface area contributed by atoms with Crippen molar-refractivity contribution in [3.63, 3.8) is 0 Å². The number of rotatable bonds is 4. The summed E-state index contributed by atoms with van der Waals surface area (Å²) in [5.74, 6) is -1.23. The molecular weight excluding hydrogens is 268 g/mol. The minimum atomic E-state index is -0.849. The predicted molar refractivity (Wildman–Crippen MR) is 71.3 cm³/mol. The zero-order chi connectivity index (χ0) is 14.0. The summed E-state index contributed by atoms with van der Waals surface area (Å²) in [7, 11) is 0. The van der Waals surface area contributed by atoms with E-state index in [0.717, 1.165) is 10.4 Å². The average molecular weight is 284 g/mol. The first-order valence-corrected chi connectivity index (χ1v) is 6.85. The Balaban J connectivity index is 2.22. The fourth-order valence-electron chi connectivity index (χ4n) is 2.23. The molecule has 0 aliphatic carbocycles. The Bertz CT molecular complexity index is 512. The summed E-state index contributed by atoms with van der Waals surface area (Å²) in [5.41, 5.74) is 7.27. The van der Waals surface area contributed by atoms with E-state index in [2.05, 4.69) is 0 Å². The van der Waals surface area contributed by atoms with Crippen LogP contribution < -0.4 is 5.73 Å². The van der Waals surface area contributed by atoms with E-state index in [1.807, 2.05) is 4.90 Å². The lowest BCUT2D eigenvalue weighted by atomic mass is 10.0.